The van der Waals surface area contributed by atoms with Crippen LogP contribution < -0.4 is 15.0 Å². The highest BCUT2D eigenvalue weighted by molar-refractivity contribution is 6.00. The third-order valence-corrected chi connectivity index (χ3v) is 4.38. The van der Waals surface area contributed by atoms with E-state index >= 15 is 0 Å². The number of hydrogen-bond donors (Lipinski definition) is 1. The second-order valence-electron chi connectivity index (χ2n) is 7.09. The van der Waals surface area contributed by atoms with Crippen LogP contribution in [-0.4, -0.2) is 37.0 Å². The summed E-state index contributed by atoms with van der Waals surface area (Å²) in [7, 11) is 0. The zero-order valence-corrected chi connectivity index (χ0v) is 16.5. The summed E-state index contributed by atoms with van der Waals surface area (Å²) in [5.41, 5.74) is 1.32. The lowest BCUT2D eigenvalue weighted by Gasteiger charge is -2.17. The number of para-hydroxylation sites is 1. The van der Waals surface area contributed by atoms with Gasteiger partial charge in [0.1, 0.15) is 5.75 Å². The molecule has 7 heteroatoms. The molecule has 0 saturated carbocycles. The summed E-state index contributed by atoms with van der Waals surface area (Å²) in [6, 6.07) is 16.1. The number of rotatable bonds is 7. The van der Waals surface area contributed by atoms with Gasteiger partial charge in [-0.3, -0.25) is 14.4 Å². The Balaban J connectivity index is 1.51. The van der Waals surface area contributed by atoms with Gasteiger partial charge in [0, 0.05) is 24.3 Å². The third kappa shape index (κ3) is 5.57. The number of benzene rings is 2. The molecule has 0 aromatic heterocycles. The molecule has 7 nitrogen and oxygen atoms in total. The molecule has 2 aromatic rings. The first-order valence-electron chi connectivity index (χ1n) is 9.51. The van der Waals surface area contributed by atoms with E-state index in [9.17, 15) is 14.4 Å². The van der Waals surface area contributed by atoms with Crippen molar-refractivity contribution in [2.45, 2.75) is 26.4 Å². The van der Waals surface area contributed by atoms with Gasteiger partial charge in [0.15, 0.2) is 6.61 Å². The summed E-state index contributed by atoms with van der Waals surface area (Å²) in [5.74, 6) is -1.01. The number of carbonyl (C=O) groups excluding carboxylic acids is 3. The van der Waals surface area contributed by atoms with Gasteiger partial charge in [-0.25, -0.2) is 0 Å². The molecule has 0 aliphatic carbocycles. The lowest BCUT2D eigenvalue weighted by atomic mass is 10.1. The van der Waals surface area contributed by atoms with Crippen molar-refractivity contribution in [3.05, 3.63) is 54.6 Å². The summed E-state index contributed by atoms with van der Waals surface area (Å²) < 4.78 is 10.7. The molecule has 1 atom stereocenters. The fourth-order valence-electron chi connectivity index (χ4n) is 3.06. The molecule has 1 aliphatic rings. The number of esters is 1. The molecule has 29 heavy (non-hydrogen) atoms. The maximum atomic E-state index is 12.3. The van der Waals surface area contributed by atoms with Crippen LogP contribution in [0.4, 0.5) is 11.4 Å². The molecule has 0 radical (unpaired) electrons. The Morgan fingerprint density at radius 1 is 1.10 bits per heavy atom. The van der Waals surface area contributed by atoms with Crippen molar-refractivity contribution in [2.24, 2.45) is 5.92 Å². The monoisotopic (exact) mass is 396 g/mol. The van der Waals surface area contributed by atoms with Crippen LogP contribution in [0.25, 0.3) is 0 Å². The van der Waals surface area contributed by atoms with Crippen LogP contribution >= 0.6 is 0 Å². The van der Waals surface area contributed by atoms with Crippen molar-refractivity contribution in [3.8, 4) is 5.75 Å². The van der Waals surface area contributed by atoms with Crippen molar-refractivity contribution in [3.63, 3.8) is 0 Å². The van der Waals surface area contributed by atoms with E-state index in [1.54, 1.807) is 53.4 Å². The molecule has 1 aliphatic heterocycles. The molecule has 3 rings (SSSR count). The van der Waals surface area contributed by atoms with E-state index in [4.69, 9.17) is 9.47 Å². The van der Waals surface area contributed by atoms with Gasteiger partial charge in [-0.2, -0.15) is 0 Å². The van der Waals surface area contributed by atoms with E-state index in [0.29, 0.717) is 11.4 Å². The average Bonchev–Trinajstić information content (AvgIpc) is 3.09. The highest BCUT2D eigenvalue weighted by atomic mass is 16.5. The highest BCUT2D eigenvalue weighted by Gasteiger charge is 2.36. The molecule has 1 heterocycles. The number of amides is 2. The van der Waals surface area contributed by atoms with E-state index in [0.717, 1.165) is 5.75 Å². The first kappa shape index (κ1) is 20.4. The van der Waals surface area contributed by atoms with Gasteiger partial charge < -0.3 is 19.7 Å². The van der Waals surface area contributed by atoms with Crippen molar-refractivity contribution in [2.75, 3.05) is 23.4 Å². The molecule has 1 N–H and O–H groups in total. The Morgan fingerprint density at radius 3 is 2.45 bits per heavy atom. The fourth-order valence-corrected chi connectivity index (χ4v) is 3.06. The van der Waals surface area contributed by atoms with Gasteiger partial charge in [0.05, 0.1) is 12.0 Å². The number of ether oxygens (including phenoxy) is 2. The largest absolute Gasteiger partial charge is 0.491 e. The lowest BCUT2D eigenvalue weighted by molar-refractivity contribution is -0.151. The molecule has 1 saturated heterocycles. The average molecular weight is 396 g/mol. The first-order valence-corrected chi connectivity index (χ1v) is 9.51. The summed E-state index contributed by atoms with van der Waals surface area (Å²) in [6.45, 7) is 3.71. The second kappa shape index (κ2) is 9.23. The van der Waals surface area contributed by atoms with Gasteiger partial charge in [-0.1, -0.05) is 18.2 Å². The first-order chi connectivity index (χ1) is 13.9. The smallest absolute Gasteiger partial charge is 0.311 e. The van der Waals surface area contributed by atoms with Crippen molar-refractivity contribution in [1.82, 2.24) is 0 Å². The Morgan fingerprint density at radius 2 is 1.79 bits per heavy atom. The van der Waals surface area contributed by atoms with Gasteiger partial charge in [0.2, 0.25) is 5.91 Å². The molecular formula is C22H24N2O5. The number of nitrogens with one attached hydrogen (secondary N) is 1. The van der Waals surface area contributed by atoms with Gasteiger partial charge >= 0.3 is 5.97 Å². The Kier molecular flexibility index (Phi) is 6.49. The van der Waals surface area contributed by atoms with Crippen molar-refractivity contribution >= 4 is 29.2 Å². The molecule has 152 valence electrons. The summed E-state index contributed by atoms with van der Waals surface area (Å²) in [6.07, 6.45) is 0.121. The molecule has 0 spiro atoms. The topological polar surface area (TPSA) is 84.9 Å². The minimum Gasteiger partial charge on any atom is -0.491 e. The molecular weight excluding hydrogens is 372 g/mol. The van der Waals surface area contributed by atoms with E-state index in [-0.39, 0.29) is 31.6 Å². The van der Waals surface area contributed by atoms with Crippen molar-refractivity contribution < 1.29 is 23.9 Å². The van der Waals surface area contributed by atoms with Gasteiger partial charge in [-0.15, -0.1) is 0 Å². The Bertz CT molecular complexity index is 865. The number of hydrogen-bond acceptors (Lipinski definition) is 5. The second-order valence-corrected chi connectivity index (χ2v) is 7.09. The number of carbonyl (C=O) groups is 3. The summed E-state index contributed by atoms with van der Waals surface area (Å²) in [5, 5.41) is 2.64. The zero-order chi connectivity index (χ0) is 20.8. The third-order valence-electron chi connectivity index (χ3n) is 4.38. The molecule has 2 aromatic carbocycles. The fraction of sp³-hybridized carbons (Fsp3) is 0.318. The lowest BCUT2D eigenvalue weighted by Crippen LogP contribution is -2.28. The van der Waals surface area contributed by atoms with Crippen molar-refractivity contribution in [1.29, 1.82) is 0 Å². The van der Waals surface area contributed by atoms with Crippen LogP contribution in [0.5, 0.6) is 5.75 Å². The maximum absolute atomic E-state index is 12.3. The van der Waals surface area contributed by atoms with E-state index in [1.165, 1.54) is 0 Å². The normalized spacial score (nSPS) is 16.0. The van der Waals surface area contributed by atoms with Crippen LogP contribution in [0, 0.1) is 5.92 Å². The number of nitrogens with zero attached hydrogens (tertiary/aromatic N) is 1. The minimum absolute atomic E-state index is 0.0589. The quantitative estimate of drug-likeness (QED) is 0.727. The van der Waals surface area contributed by atoms with Gasteiger partial charge in [0.25, 0.3) is 5.91 Å². The zero-order valence-electron chi connectivity index (χ0n) is 16.5. The molecule has 1 unspecified atom stereocenters. The summed E-state index contributed by atoms with van der Waals surface area (Å²) >= 11 is 0. The Hall–Kier alpha value is -3.35. The van der Waals surface area contributed by atoms with Crippen LogP contribution in [0.3, 0.4) is 0 Å². The van der Waals surface area contributed by atoms with Crippen LogP contribution in [0.2, 0.25) is 0 Å². The van der Waals surface area contributed by atoms with Crippen LogP contribution in [0.1, 0.15) is 20.3 Å². The summed E-state index contributed by atoms with van der Waals surface area (Å²) in [4.78, 5) is 38.1. The number of anilines is 2. The van der Waals surface area contributed by atoms with E-state index in [1.807, 2.05) is 19.9 Å². The molecule has 0 bridgehead atoms. The predicted octanol–water partition coefficient (Wildman–Crippen LogP) is 3.01. The van der Waals surface area contributed by atoms with Crippen LogP contribution in [-0.2, 0) is 19.1 Å². The molecule has 1 fully saturated rings. The van der Waals surface area contributed by atoms with E-state index in [2.05, 4.69) is 5.32 Å². The highest BCUT2D eigenvalue weighted by Crippen LogP contribution is 2.27. The minimum atomic E-state index is -0.599. The van der Waals surface area contributed by atoms with E-state index < -0.39 is 17.8 Å². The maximum Gasteiger partial charge on any atom is 0.311 e. The predicted molar refractivity (Wildman–Crippen MR) is 109 cm³/mol. The standard InChI is InChI=1S/C22H24N2O5/c1-15(2)29-19-10-8-18(9-11-19)24-13-16(12-21(24)26)22(27)28-14-20(25)23-17-6-4-3-5-7-17/h3-11,15-16H,12-14H2,1-2H3,(H,23,25). The molecule has 2 amide bonds. The SMILES string of the molecule is CC(C)Oc1ccc(N2CC(C(=O)OCC(=O)Nc3ccccc3)CC2=O)cc1. The van der Waals surface area contributed by atoms with Gasteiger partial charge in [-0.05, 0) is 50.2 Å². The Labute approximate surface area is 169 Å². The van der Waals surface area contributed by atoms with Crippen LogP contribution in [0.15, 0.2) is 54.6 Å².